The van der Waals surface area contributed by atoms with Crippen LogP contribution in [0.3, 0.4) is 0 Å². The maximum absolute atomic E-state index is 4.80. The van der Waals surface area contributed by atoms with Gasteiger partial charge in [0.15, 0.2) is 0 Å². The third kappa shape index (κ3) is 2.87. The molecule has 0 aliphatic rings. The zero-order valence-electron chi connectivity index (χ0n) is 14.9. The average Bonchev–Trinajstić information content (AvgIpc) is 3.01. The number of fused-ring (bicyclic) bond motifs is 3. The van der Waals surface area contributed by atoms with Gasteiger partial charge in [0.2, 0.25) is 0 Å². The van der Waals surface area contributed by atoms with Gasteiger partial charge in [0.1, 0.15) is 0 Å². The van der Waals surface area contributed by atoms with Crippen LogP contribution in [0.4, 0.5) is 0 Å². The van der Waals surface area contributed by atoms with Gasteiger partial charge >= 0.3 is 174 Å². The van der Waals surface area contributed by atoms with Crippen LogP contribution < -0.4 is 3.40 Å². The molecule has 0 spiro atoms. The maximum atomic E-state index is 4.80. The second-order valence-electron chi connectivity index (χ2n) is 6.81. The van der Waals surface area contributed by atoms with Crippen LogP contribution >= 0.6 is 0 Å². The number of para-hydroxylation sites is 2. The van der Waals surface area contributed by atoms with Crippen molar-refractivity contribution in [2.24, 2.45) is 0 Å². The van der Waals surface area contributed by atoms with Gasteiger partial charge in [-0.2, -0.15) is 0 Å². The summed E-state index contributed by atoms with van der Waals surface area (Å²) in [5.41, 5.74) is 7.15. The Kier molecular flexibility index (Phi) is 4.06. The van der Waals surface area contributed by atoms with Crippen molar-refractivity contribution < 1.29 is 0 Å². The molecule has 0 amide bonds. The van der Waals surface area contributed by atoms with Crippen LogP contribution in [0, 0.1) is 6.92 Å². The first-order chi connectivity index (χ1) is 13.2. The second-order valence-corrected chi connectivity index (χ2v) is 8.59. The van der Waals surface area contributed by atoms with Crippen molar-refractivity contribution in [1.29, 1.82) is 0 Å². The summed E-state index contributed by atoms with van der Waals surface area (Å²) < 4.78 is 3.51. The molecular formula is C24H17BiN2. The molecule has 5 aromatic rings. The van der Waals surface area contributed by atoms with Crippen molar-refractivity contribution in [3.05, 3.63) is 90.5 Å². The van der Waals surface area contributed by atoms with E-state index in [1.165, 1.54) is 63.3 Å². The molecule has 0 aliphatic heterocycles. The summed E-state index contributed by atoms with van der Waals surface area (Å²) in [6.45, 7) is 2.14. The Hall–Kier alpha value is -2.51. The van der Waals surface area contributed by atoms with Crippen LogP contribution in [-0.2, 0) is 0 Å². The molecule has 3 heteroatoms. The van der Waals surface area contributed by atoms with E-state index in [0.717, 1.165) is 9.10 Å². The molecule has 0 saturated carbocycles. The molecule has 3 aromatic carbocycles. The molecular weight excluding hydrogens is 525 g/mol. The van der Waals surface area contributed by atoms with Crippen LogP contribution in [0.15, 0.2) is 84.9 Å². The van der Waals surface area contributed by atoms with Gasteiger partial charge in [-0.3, -0.25) is 0 Å². The van der Waals surface area contributed by atoms with E-state index in [1.54, 1.807) is 0 Å². The summed E-state index contributed by atoms with van der Waals surface area (Å²) in [5.74, 6) is 0. The van der Waals surface area contributed by atoms with Gasteiger partial charge in [-0.25, -0.2) is 0 Å². The van der Waals surface area contributed by atoms with Gasteiger partial charge in [0, 0.05) is 0 Å². The van der Waals surface area contributed by atoms with Crippen molar-refractivity contribution >= 4 is 49.9 Å². The number of rotatable bonds is 2. The average molecular weight is 542 g/mol. The van der Waals surface area contributed by atoms with E-state index in [-0.39, 0.29) is 0 Å². The molecule has 2 aromatic heterocycles. The van der Waals surface area contributed by atoms with E-state index < -0.39 is 0 Å². The molecule has 2 heterocycles. The molecule has 0 N–H and O–H groups in total. The Morgan fingerprint density at radius 2 is 1.48 bits per heavy atom. The fourth-order valence-electron chi connectivity index (χ4n) is 3.78. The van der Waals surface area contributed by atoms with Gasteiger partial charge in [-0.15, -0.1) is 0 Å². The van der Waals surface area contributed by atoms with Crippen LogP contribution in [0.5, 0.6) is 0 Å². The Morgan fingerprint density at radius 1 is 0.741 bits per heavy atom. The summed E-state index contributed by atoms with van der Waals surface area (Å²) >= 11 is 1.18. The van der Waals surface area contributed by atoms with E-state index in [1.807, 2.05) is 0 Å². The van der Waals surface area contributed by atoms with Crippen molar-refractivity contribution in [2.45, 2.75) is 6.92 Å². The predicted octanol–water partition coefficient (Wildman–Crippen LogP) is 4.95. The van der Waals surface area contributed by atoms with E-state index in [2.05, 4.69) is 96.4 Å². The number of benzene rings is 3. The Bertz CT molecular complexity index is 1270. The number of aromatic nitrogens is 2. The molecule has 0 bridgehead atoms. The first kappa shape index (κ1) is 16.7. The minimum atomic E-state index is 1.06. The summed E-state index contributed by atoms with van der Waals surface area (Å²) in [6, 6.07) is 30.2. The molecule has 128 valence electrons. The van der Waals surface area contributed by atoms with E-state index in [9.17, 15) is 0 Å². The third-order valence-corrected chi connectivity index (χ3v) is 5.83. The number of hydrogen-bond acceptors (Lipinski definition) is 1. The van der Waals surface area contributed by atoms with Gasteiger partial charge in [-0.1, -0.05) is 0 Å². The third-order valence-electron chi connectivity index (χ3n) is 4.94. The van der Waals surface area contributed by atoms with Gasteiger partial charge in [0.05, 0.1) is 0 Å². The molecule has 27 heavy (non-hydrogen) atoms. The quantitative estimate of drug-likeness (QED) is 0.289. The molecule has 0 aliphatic carbocycles. The Labute approximate surface area is 173 Å². The molecule has 2 nitrogen and oxygen atoms in total. The fourth-order valence-corrected chi connectivity index (χ4v) is 4.99. The standard InChI is InChI=1S/C24H17N2.Bi/c1-17-13-14-25-22(15-17)18-11-12-24-21(16-18)20-9-5-6-10-23(20)26(24)19-7-3-2-4-8-19;/h2-13,15-16H,1H3;. The molecule has 0 unspecified atom stereocenters. The molecule has 0 saturated heterocycles. The molecule has 0 atom stereocenters. The zero-order chi connectivity index (χ0) is 18.4. The zero-order valence-corrected chi connectivity index (χ0v) is 18.4. The van der Waals surface area contributed by atoms with E-state index in [0.29, 0.717) is 0 Å². The van der Waals surface area contributed by atoms with Crippen LogP contribution in [0.25, 0.3) is 38.8 Å². The number of nitrogens with zero attached hydrogens (tertiary/aromatic N) is 2. The first-order valence-corrected chi connectivity index (χ1v) is 10.7. The van der Waals surface area contributed by atoms with Crippen LogP contribution in [0.1, 0.15) is 5.56 Å². The van der Waals surface area contributed by atoms with Crippen molar-refractivity contribution in [1.82, 2.24) is 9.55 Å². The van der Waals surface area contributed by atoms with E-state index in [4.69, 9.17) is 4.98 Å². The van der Waals surface area contributed by atoms with Crippen molar-refractivity contribution in [3.8, 4) is 16.9 Å². The van der Waals surface area contributed by atoms with Crippen molar-refractivity contribution in [2.75, 3.05) is 0 Å². The fraction of sp³-hybridized carbons (Fsp3) is 0.0417. The first-order valence-electron chi connectivity index (χ1n) is 8.97. The number of aryl methyl sites for hydroxylation is 1. The second kappa shape index (κ2) is 6.58. The van der Waals surface area contributed by atoms with Gasteiger partial charge < -0.3 is 0 Å². The number of pyridine rings is 1. The summed E-state index contributed by atoms with van der Waals surface area (Å²) in [6.07, 6.45) is 0. The SMILES string of the molecule is Cc1c[c]([Bi])nc(-c2ccc3c(c2)c2ccccc2n3-c2ccccc2)c1. The minimum absolute atomic E-state index is 1.06. The van der Waals surface area contributed by atoms with Gasteiger partial charge in [0.25, 0.3) is 0 Å². The summed E-state index contributed by atoms with van der Waals surface area (Å²) in [7, 11) is 0. The van der Waals surface area contributed by atoms with Crippen molar-refractivity contribution in [3.63, 3.8) is 0 Å². The normalized spacial score (nSPS) is 11.3. The van der Waals surface area contributed by atoms with Gasteiger partial charge in [-0.05, 0) is 0 Å². The van der Waals surface area contributed by atoms with Crippen LogP contribution in [-0.4, -0.2) is 34.3 Å². The van der Waals surface area contributed by atoms with Crippen LogP contribution in [0.2, 0.25) is 0 Å². The monoisotopic (exact) mass is 542 g/mol. The Balaban J connectivity index is 1.83. The summed E-state index contributed by atoms with van der Waals surface area (Å²) in [4.78, 5) is 4.80. The molecule has 2 radical (unpaired) electrons. The molecule has 5 rings (SSSR count). The predicted molar refractivity (Wildman–Crippen MR) is 114 cm³/mol. The Morgan fingerprint density at radius 3 is 2.30 bits per heavy atom. The molecule has 0 fully saturated rings. The topological polar surface area (TPSA) is 17.8 Å². The van der Waals surface area contributed by atoms with E-state index >= 15 is 0 Å². The summed E-state index contributed by atoms with van der Waals surface area (Å²) in [5, 5.41) is 2.54. The number of hydrogen-bond donors (Lipinski definition) is 0.